The quantitative estimate of drug-likeness (QED) is 0.690. The monoisotopic (exact) mass is 395 g/mol. The van der Waals surface area contributed by atoms with Crippen LogP contribution in [0.25, 0.3) is 10.9 Å². The van der Waals surface area contributed by atoms with Gasteiger partial charge in [-0.15, -0.1) is 0 Å². The SMILES string of the molecule is CNCc1ccc2cccc(NS(=O)(=O)c3ccc(C(F)(F)F)cc3)c2n1. The zero-order chi connectivity index (χ0) is 19.7. The molecule has 9 heteroatoms. The van der Waals surface area contributed by atoms with Gasteiger partial charge in [-0.05, 0) is 43.4 Å². The van der Waals surface area contributed by atoms with Crippen molar-refractivity contribution in [3.8, 4) is 0 Å². The first-order valence-corrected chi connectivity index (χ1v) is 9.42. The van der Waals surface area contributed by atoms with Crippen LogP contribution in [0, 0.1) is 0 Å². The lowest BCUT2D eigenvalue weighted by atomic mass is 10.2. The van der Waals surface area contributed by atoms with Crippen molar-refractivity contribution in [3.05, 3.63) is 65.9 Å². The van der Waals surface area contributed by atoms with Gasteiger partial charge in [0.25, 0.3) is 10.0 Å². The molecule has 0 amide bonds. The molecule has 0 spiro atoms. The average molecular weight is 395 g/mol. The molecule has 5 nitrogen and oxygen atoms in total. The number of benzene rings is 2. The molecular weight excluding hydrogens is 379 g/mol. The highest BCUT2D eigenvalue weighted by atomic mass is 32.2. The van der Waals surface area contributed by atoms with Gasteiger partial charge < -0.3 is 5.32 Å². The fourth-order valence-electron chi connectivity index (χ4n) is 2.58. The van der Waals surface area contributed by atoms with Crippen molar-refractivity contribution in [3.63, 3.8) is 0 Å². The Balaban J connectivity index is 1.97. The predicted molar refractivity (Wildman–Crippen MR) is 96.8 cm³/mol. The van der Waals surface area contributed by atoms with E-state index in [0.29, 0.717) is 12.1 Å². The van der Waals surface area contributed by atoms with Crippen molar-refractivity contribution in [1.29, 1.82) is 0 Å². The number of fused-ring (bicyclic) bond motifs is 1. The molecule has 0 aliphatic rings. The topological polar surface area (TPSA) is 71.1 Å². The molecule has 0 unspecified atom stereocenters. The van der Waals surface area contributed by atoms with E-state index < -0.39 is 21.8 Å². The van der Waals surface area contributed by atoms with Crippen LogP contribution in [0.2, 0.25) is 0 Å². The molecule has 27 heavy (non-hydrogen) atoms. The van der Waals surface area contributed by atoms with Crippen molar-refractivity contribution < 1.29 is 21.6 Å². The van der Waals surface area contributed by atoms with E-state index in [1.54, 1.807) is 25.2 Å². The summed E-state index contributed by atoms with van der Waals surface area (Å²) in [5.41, 5.74) is 0.530. The number of sulfonamides is 1. The first kappa shape index (κ1) is 19.1. The standard InChI is InChI=1S/C18H16F3N3O2S/c1-22-11-14-8-5-12-3-2-4-16(17(12)23-14)24-27(25,26)15-9-6-13(7-10-15)18(19,20)21/h2-10,22,24H,11H2,1H3. The third-order valence-corrected chi connectivity index (χ3v) is 5.25. The normalized spacial score (nSPS) is 12.3. The van der Waals surface area contributed by atoms with Gasteiger partial charge >= 0.3 is 6.18 Å². The van der Waals surface area contributed by atoms with Gasteiger partial charge in [-0.25, -0.2) is 13.4 Å². The zero-order valence-corrected chi connectivity index (χ0v) is 15.0. The Morgan fingerprint density at radius 2 is 1.70 bits per heavy atom. The van der Waals surface area contributed by atoms with E-state index in [1.807, 2.05) is 12.1 Å². The Morgan fingerprint density at radius 3 is 2.33 bits per heavy atom. The third kappa shape index (κ3) is 4.20. The van der Waals surface area contributed by atoms with Gasteiger partial charge in [0, 0.05) is 11.9 Å². The second kappa shape index (κ2) is 7.16. The first-order valence-electron chi connectivity index (χ1n) is 7.94. The Hall–Kier alpha value is -2.65. The second-order valence-corrected chi connectivity index (χ2v) is 7.52. The van der Waals surface area contributed by atoms with Crippen LogP contribution in [0.15, 0.2) is 59.5 Å². The molecule has 2 N–H and O–H groups in total. The van der Waals surface area contributed by atoms with Crippen molar-refractivity contribution >= 4 is 26.6 Å². The van der Waals surface area contributed by atoms with Gasteiger partial charge in [-0.1, -0.05) is 18.2 Å². The van der Waals surface area contributed by atoms with E-state index in [0.717, 1.165) is 35.3 Å². The molecular formula is C18H16F3N3O2S. The van der Waals surface area contributed by atoms with Crippen LogP contribution in [-0.2, 0) is 22.7 Å². The molecule has 1 aromatic heterocycles. The fourth-order valence-corrected chi connectivity index (χ4v) is 3.64. The predicted octanol–water partition coefficient (Wildman–Crippen LogP) is 3.77. The molecule has 0 saturated heterocycles. The molecule has 3 rings (SSSR count). The minimum Gasteiger partial charge on any atom is -0.314 e. The Kier molecular flexibility index (Phi) is 5.07. The van der Waals surface area contributed by atoms with Crippen LogP contribution in [-0.4, -0.2) is 20.4 Å². The number of para-hydroxylation sites is 1. The van der Waals surface area contributed by atoms with Crippen LogP contribution in [0.1, 0.15) is 11.3 Å². The van der Waals surface area contributed by atoms with E-state index in [1.165, 1.54) is 0 Å². The molecule has 3 aromatic rings. The maximum Gasteiger partial charge on any atom is 0.416 e. The fraction of sp³-hybridized carbons (Fsp3) is 0.167. The number of rotatable bonds is 5. The van der Waals surface area contributed by atoms with Crippen LogP contribution in [0.4, 0.5) is 18.9 Å². The van der Waals surface area contributed by atoms with Crippen LogP contribution in [0.5, 0.6) is 0 Å². The van der Waals surface area contributed by atoms with Crippen molar-refractivity contribution in [1.82, 2.24) is 10.3 Å². The Morgan fingerprint density at radius 1 is 1.00 bits per heavy atom. The molecule has 0 fully saturated rings. The third-order valence-electron chi connectivity index (χ3n) is 3.87. The van der Waals surface area contributed by atoms with Gasteiger partial charge in [0.1, 0.15) is 0 Å². The number of nitrogens with one attached hydrogen (secondary N) is 2. The summed E-state index contributed by atoms with van der Waals surface area (Å²) in [5, 5.41) is 3.71. The Labute approximate surface area is 154 Å². The highest BCUT2D eigenvalue weighted by Crippen LogP contribution is 2.30. The lowest BCUT2D eigenvalue weighted by Gasteiger charge is -2.12. The lowest BCUT2D eigenvalue weighted by molar-refractivity contribution is -0.137. The van der Waals surface area contributed by atoms with Gasteiger partial charge in [0.05, 0.1) is 27.4 Å². The summed E-state index contributed by atoms with van der Waals surface area (Å²) in [6.07, 6.45) is -4.53. The summed E-state index contributed by atoms with van der Waals surface area (Å²) >= 11 is 0. The number of alkyl halides is 3. The first-order chi connectivity index (χ1) is 12.7. The van der Waals surface area contributed by atoms with Crippen molar-refractivity contribution in [2.24, 2.45) is 0 Å². The second-order valence-electron chi connectivity index (χ2n) is 5.84. The van der Waals surface area contributed by atoms with E-state index in [-0.39, 0.29) is 10.6 Å². The molecule has 0 aliphatic heterocycles. The van der Waals surface area contributed by atoms with Crippen molar-refractivity contribution in [2.45, 2.75) is 17.6 Å². The van der Waals surface area contributed by atoms with Crippen LogP contribution >= 0.6 is 0 Å². The summed E-state index contributed by atoms with van der Waals surface area (Å²) in [5.74, 6) is 0. The number of hydrogen-bond donors (Lipinski definition) is 2. The summed E-state index contributed by atoms with van der Waals surface area (Å²) in [6, 6.07) is 12.0. The minimum atomic E-state index is -4.53. The molecule has 0 aliphatic carbocycles. The van der Waals surface area contributed by atoms with Gasteiger partial charge in [0.15, 0.2) is 0 Å². The molecule has 0 saturated carbocycles. The molecule has 142 valence electrons. The highest BCUT2D eigenvalue weighted by molar-refractivity contribution is 7.92. The molecule has 0 atom stereocenters. The van der Waals surface area contributed by atoms with Crippen LogP contribution in [0.3, 0.4) is 0 Å². The average Bonchev–Trinajstić information content (AvgIpc) is 2.62. The Bertz CT molecular complexity index is 1070. The van der Waals surface area contributed by atoms with E-state index in [4.69, 9.17) is 0 Å². The molecule has 1 heterocycles. The number of pyridine rings is 1. The van der Waals surface area contributed by atoms with E-state index in [9.17, 15) is 21.6 Å². The maximum absolute atomic E-state index is 12.7. The maximum atomic E-state index is 12.7. The molecule has 2 aromatic carbocycles. The smallest absolute Gasteiger partial charge is 0.314 e. The summed E-state index contributed by atoms with van der Waals surface area (Å²) in [7, 11) is -2.30. The summed E-state index contributed by atoms with van der Waals surface area (Å²) in [6.45, 7) is 0.510. The number of anilines is 1. The van der Waals surface area contributed by atoms with Gasteiger partial charge in [-0.2, -0.15) is 13.2 Å². The largest absolute Gasteiger partial charge is 0.416 e. The molecule has 0 radical (unpaired) electrons. The minimum absolute atomic E-state index is 0.255. The summed E-state index contributed by atoms with van der Waals surface area (Å²) in [4.78, 5) is 4.19. The van der Waals surface area contributed by atoms with E-state index in [2.05, 4.69) is 15.0 Å². The molecule has 0 bridgehead atoms. The zero-order valence-electron chi connectivity index (χ0n) is 14.2. The number of halogens is 3. The number of aromatic nitrogens is 1. The summed E-state index contributed by atoms with van der Waals surface area (Å²) < 4.78 is 65.6. The lowest BCUT2D eigenvalue weighted by Crippen LogP contribution is -2.14. The van der Waals surface area contributed by atoms with Gasteiger partial charge in [0.2, 0.25) is 0 Å². The number of hydrogen-bond acceptors (Lipinski definition) is 4. The van der Waals surface area contributed by atoms with Crippen LogP contribution < -0.4 is 10.0 Å². The van der Waals surface area contributed by atoms with Gasteiger partial charge in [-0.3, -0.25) is 4.72 Å². The van der Waals surface area contributed by atoms with E-state index >= 15 is 0 Å². The highest BCUT2D eigenvalue weighted by Gasteiger charge is 2.30. The van der Waals surface area contributed by atoms with Crippen molar-refractivity contribution in [2.75, 3.05) is 11.8 Å². The number of nitrogens with zero attached hydrogens (tertiary/aromatic N) is 1.